The number of nitriles is 1. The van der Waals surface area contributed by atoms with E-state index in [4.69, 9.17) is 5.26 Å². The molecule has 0 spiro atoms. The van der Waals surface area contributed by atoms with Crippen molar-refractivity contribution in [1.29, 1.82) is 5.26 Å². The van der Waals surface area contributed by atoms with Crippen LogP contribution in [0.1, 0.15) is 30.5 Å². The van der Waals surface area contributed by atoms with Crippen LogP contribution in [0.5, 0.6) is 0 Å². The van der Waals surface area contributed by atoms with Crippen LogP contribution in [0, 0.1) is 11.3 Å². The number of rotatable bonds is 4. The van der Waals surface area contributed by atoms with Crippen molar-refractivity contribution in [3.63, 3.8) is 0 Å². The summed E-state index contributed by atoms with van der Waals surface area (Å²) in [6.45, 7) is 4.96. The number of fused-ring (bicyclic) bond motifs is 1. The summed E-state index contributed by atoms with van der Waals surface area (Å²) >= 11 is 0. The van der Waals surface area contributed by atoms with Crippen LogP contribution in [0.3, 0.4) is 0 Å². The molecule has 7 heteroatoms. The molecule has 4 rings (SSSR count). The normalized spacial score (nSPS) is 28.2. The lowest BCUT2D eigenvalue weighted by Gasteiger charge is -2.47. The third-order valence-corrected chi connectivity index (χ3v) is 9.14. The smallest absolute Gasteiger partial charge is 0.278 e. The van der Waals surface area contributed by atoms with Gasteiger partial charge >= 0.3 is 0 Å². The van der Waals surface area contributed by atoms with Crippen molar-refractivity contribution >= 4 is 16.1 Å². The minimum Gasteiger partial charge on any atom is -0.614 e. The summed E-state index contributed by atoms with van der Waals surface area (Å²) in [4.78, 5) is 17.1. The van der Waals surface area contributed by atoms with Gasteiger partial charge in [0.05, 0.1) is 27.9 Å². The van der Waals surface area contributed by atoms with Crippen molar-refractivity contribution in [2.45, 2.75) is 43.0 Å². The van der Waals surface area contributed by atoms with Crippen LogP contribution in [0.4, 0.5) is 0 Å². The average Bonchev–Trinajstić information content (AvgIpc) is 3.16. The minimum atomic E-state index is -3.62. The molecular weight excluding hydrogens is 398 g/mol. The molecule has 1 amide bonds. The minimum absolute atomic E-state index is 0.326. The number of nitrogens with zero attached hydrogens (tertiary/aromatic N) is 3. The van der Waals surface area contributed by atoms with Gasteiger partial charge in [-0.05, 0) is 37.1 Å². The van der Waals surface area contributed by atoms with Crippen molar-refractivity contribution in [3.05, 3.63) is 71.3 Å². The summed E-state index contributed by atoms with van der Waals surface area (Å²) in [6.07, 6.45) is 0. The first-order valence-electron chi connectivity index (χ1n) is 10.0. The molecule has 0 aliphatic carbocycles. The Kier molecular flexibility index (Phi) is 5.27. The summed E-state index contributed by atoms with van der Waals surface area (Å²) in [5.74, 6) is -0.326. The second kappa shape index (κ2) is 7.62. The van der Waals surface area contributed by atoms with Gasteiger partial charge in [0.1, 0.15) is 0 Å². The third kappa shape index (κ3) is 3.45. The van der Waals surface area contributed by atoms with E-state index in [-0.39, 0.29) is 11.9 Å². The fourth-order valence-electron chi connectivity index (χ4n) is 4.47. The number of benzene rings is 2. The number of likely N-dealkylation sites (tertiary alicyclic amines) is 1. The van der Waals surface area contributed by atoms with Crippen LogP contribution in [0.15, 0.2) is 54.6 Å². The lowest BCUT2D eigenvalue weighted by atomic mass is 10.1. The van der Waals surface area contributed by atoms with Gasteiger partial charge in [0.2, 0.25) is 4.75 Å². The summed E-state index contributed by atoms with van der Waals surface area (Å²) in [5, 5.41) is 8.37. The zero-order valence-corrected chi connectivity index (χ0v) is 18.0. The number of hydrogen-bond acceptors (Lipinski definition) is 5. The molecule has 2 fully saturated rings. The maximum Gasteiger partial charge on any atom is 0.278 e. The molecule has 0 saturated carbocycles. The average molecular weight is 424 g/mol. The van der Waals surface area contributed by atoms with Gasteiger partial charge in [-0.1, -0.05) is 42.5 Å². The molecule has 2 aliphatic heterocycles. The van der Waals surface area contributed by atoms with Crippen molar-refractivity contribution in [3.8, 4) is 6.07 Å². The Balaban J connectivity index is 1.61. The maximum atomic E-state index is 13.3. The highest BCUT2D eigenvalue weighted by Crippen LogP contribution is 2.41. The van der Waals surface area contributed by atoms with Crippen molar-refractivity contribution in [1.82, 2.24) is 9.80 Å². The molecule has 2 aromatic rings. The van der Waals surface area contributed by atoms with Gasteiger partial charge in [-0.3, -0.25) is 9.69 Å². The van der Waals surface area contributed by atoms with E-state index in [2.05, 4.69) is 11.0 Å². The van der Waals surface area contributed by atoms with Gasteiger partial charge in [0, 0.05) is 26.2 Å². The van der Waals surface area contributed by atoms with Crippen LogP contribution in [0.2, 0.25) is 0 Å². The van der Waals surface area contributed by atoms with Crippen molar-refractivity contribution in [2.24, 2.45) is 0 Å². The molecule has 2 saturated heterocycles. The van der Waals surface area contributed by atoms with Gasteiger partial charge < -0.3 is 9.45 Å². The molecule has 2 heterocycles. The van der Waals surface area contributed by atoms with Crippen LogP contribution in [-0.2, 0) is 32.3 Å². The maximum absolute atomic E-state index is 13.3. The first-order valence-corrected chi connectivity index (χ1v) is 11.6. The Morgan fingerprint density at radius 3 is 2.33 bits per heavy atom. The summed E-state index contributed by atoms with van der Waals surface area (Å²) in [7, 11) is -3.62. The predicted molar refractivity (Wildman–Crippen MR) is 114 cm³/mol. The SMILES string of the molecule is CC1(C)C(=O)N(Cc2ccccc2)[C@H]2CN(Cc3ccc(C#N)cc3)C[C@H]2[S+]1(=O)[O-]. The molecule has 0 aromatic heterocycles. The molecule has 2 aliphatic rings. The first-order chi connectivity index (χ1) is 14.2. The molecule has 0 bridgehead atoms. The Morgan fingerprint density at radius 1 is 1.07 bits per heavy atom. The standard InChI is InChI=1S/C23H25N3O3S/c1-23(2)22(27)26(14-18-6-4-3-5-7-18)20-15-25(16-21(20)30(23,28)29)13-19-10-8-17(12-24)9-11-19/h3-11,20-21H,13-16H2,1-2H3/t20-,21+/m0/s1. The highest BCUT2D eigenvalue weighted by atomic mass is 32.3. The lowest BCUT2D eigenvalue weighted by molar-refractivity contribution is -0.137. The van der Waals surface area contributed by atoms with Gasteiger partial charge in [-0.2, -0.15) is 5.26 Å². The number of hydrogen-bond donors (Lipinski definition) is 0. The molecule has 0 N–H and O–H groups in total. The number of sulfone groups is 1. The Labute approximate surface area is 178 Å². The van der Waals surface area contributed by atoms with Crippen molar-refractivity contribution in [2.75, 3.05) is 13.1 Å². The summed E-state index contributed by atoms with van der Waals surface area (Å²) in [5.41, 5.74) is 2.60. The van der Waals surface area contributed by atoms with E-state index in [1.807, 2.05) is 42.5 Å². The van der Waals surface area contributed by atoms with Crippen LogP contribution >= 0.6 is 0 Å². The molecule has 2 aromatic carbocycles. The fourth-order valence-corrected chi connectivity index (χ4v) is 6.65. The molecule has 6 nitrogen and oxygen atoms in total. The zero-order chi connectivity index (χ0) is 21.5. The van der Waals surface area contributed by atoms with E-state index in [1.165, 1.54) is 13.8 Å². The van der Waals surface area contributed by atoms with Crippen LogP contribution in [-0.4, -0.2) is 49.4 Å². The molecule has 156 valence electrons. The quantitative estimate of drug-likeness (QED) is 0.706. The van der Waals surface area contributed by atoms with Gasteiger partial charge in [0.15, 0.2) is 5.25 Å². The van der Waals surface area contributed by atoms with E-state index < -0.39 is 20.2 Å². The monoisotopic (exact) mass is 423 g/mol. The van der Waals surface area contributed by atoms with Gasteiger partial charge in [0.25, 0.3) is 5.91 Å². The highest BCUT2D eigenvalue weighted by molar-refractivity contribution is 8.00. The van der Waals surface area contributed by atoms with E-state index in [9.17, 15) is 13.6 Å². The topological polar surface area (TPSA) is 87.5 Å². The highest BCUT2D eigenvalue weighted by Gasteiger charge is 2.63. The number of amides is 1. The van der Waals surface area contributed by atoms with Gasteiger partial charge in [-0.25, -0.2) is 0 Å². The Morgan fingerprint density at radius 2 is 1.70 bits per heavy atom. The number of carbonyl (C=O) groups excluding carboxylic acids is 1. The predicted octanol–water partition coefficient (Wildman–Crippen LogP) is 2.56. The van der Waals surface area contributed by atoms with E-state index in [1.54, 1.807) is 17.0 Å². The van der Waals surface area contributed by atoms with Gasteiger partial charge in [-0.15, -0.1) is 4.21 Å². The molecule has 0 radical (unpaired) electrons. The van der Waals surface area contributed by atoms with Crippen LogP contribution < -0.4 is 0 Å². The molecular formula is C23H25N3O3S. The first kappa shape index (κ1) is 20.7. The third-order valence-electron chi connectivity index (χ3n) is 6.28. The summed E-state index contributed by atoms with van der Waals surface area (Å²) < 4.78 is 25.2. The Bertz CT molecular complexity index is 1030. The van der Waals surface area contributed by atoms with E-state index in [0.29, 0.717) is 31.7 Å². The lowest BCUT2D eigenvalue weighted by Crippen LogP contribution is -2.67. The largest absolute Gasteiger partial charge is 0.614 e. The molecule has 1 unspecified atom stereocenters. The summed E-state index contributed by atoms with van der Waals surface area (Å²) in [6, 6.07) is 18.8. The Hall–Kier alpha value is -2.53. The van der Waals surface area contributed by atoms with Crippen LogP contribution in [0.25, 0.3) is 0 Å². The second-order valence-electron chi connectivity index (χ2n) is 8.58. The fraction of sp³-hybridized carbons (Fsp3) is 0.391. The zero-order valence-electron chi connectivity index (χ0n) is 17.2. The van der Waals surface area contributed by atoms with Crippen molar-refractivity contribution < 1.29 is 13.6 Å². The second-order valence-corrected chi connectivity index (χ2v) is 11.3. The van der Waals surface area contributed by atoms with E-state index in [0.717, 1.165) is 11.1 Å². The van der Waals surface area contributed by atoms with E-state index >= 15 is 0 Å². The molecule has 3 atom stereocenters. The number of carbonyl (C=O) groups is 1. The molecule has 30 heavy (non-hydrogen) atoms.